The van der Waals surface area contributed by atoms with Crippen molar-refractivity contribution in [2.24, 2.45) is 17.3 Å². The van der Waals surface area contributed by atoms with Crippen molar-refractivity contribution in [3.05, 3.63) is 12.2 Å². The van der Waals surface area contributed by atoms with E-state index in [1.54, 1.807) is 0 Å². The molecule has 0 unspecified atom stereocenters. The molecule has 0 saturated heterocycles. The standard InChI is InChI=1S/C10H18O/c1-4-5-6-10(3)8(2)9(10)7-11/h4-5,8-9,11H,6-7H2,1-3H3/b5-4+/t8-,9-,10+/m0/s1. The molecule has 0 bridgehead atoms. The van der Waals surface area contributed by atoms with Gasteiger partial charge in [-0.1, -0.05) is 26.0 Å². The molecule has 3 atom stereocenters. The Bertz CT molecular complexity index is 162. The van der Waals surface area contributed by atoms with Gasteiger partial charge in [0.05, 0.1) is 0 Å². The van der Waals surface area contributed by atoms with Gasteiger partial charge in [-0.2, -0.15) is 0 Å². The molecule has 1 N–H and O–H groups in total. The van der Waals surface area contributed by atoms with Crippen molar-refractivity contribution in [1.82, 2.24) is 0 Å². The quantitative estimate of drug-likeness (QED) is 0.618. The van der Waals surface area contributed by atoms with Gasteiger partial charge >= 0.3 is 0 Å². The molecule has 11 heavy (non-hydrogen) atoms. The largest absolute Gasteiger partial charge is 0.396 e. The first kappa shape index (κ1) is 8.79. The van der Waals surface area contributed by atoms with Crippen LogP contribution in [0, 0.1) is 17.3 Å². The number of aliphatic hydroxyl groups excluding tert-OH is 1. The molecule has 1 aliphatic carbocycles. The Balaban J connectivity index is 2.45. The number of allylic oxidation sites excluding steroid dienone is 2. The van der Waals surface area contributed by atoms with Crippen molar-refractivity contribution in [3.63, 3.8) is 0 Å². The molecule has 0 radical (unpaired) electrons. The van der Waals surface area contributed by atoms with Gasteiger partial charge in [0.2, 0.25) is 0 Å². The van der Waals surface area contributed by atoms with Crippen LogP contribution in [0.1, 0.15) is 27.2 Å². The number of aliphatic hydroxyl groups is 1. The maximum absolute atomic E-state index is 8.99. The molecule has 1 nitrogen and oxygen atoms in total. The predicted octanol–water partition coefficient (Wildman–Crippen LogP) is 2.22. The Kier molecular flexibility index (Phi) is 2.38. The summed E-state index contributed by atoms with van der Waals surface area (Å²) in [6.07, 6.45) is 5.41. The van der Waals surface area contributed by atoms with Crippen LogP contribution < -0.4 is 0 Å². The van der Waals surface area contributed by atoms with Gasteiger partial charge in [-0.15, -0.1) is 0 Å². The third-order valence-corrected chi connectivity index (χ3v) is 3.37. The van der Waals surface area contributed by atoms with Crippen LogP contribution in [-0.4, -0.2) is 11.7 Å². The highest BCUT2D eigenvalue weighted by Crippen LogP contribution is 2.60. The SMILES string of the molecule is C/C=C/C[C@]1(C)[C@@H](C)[C@@H]1CO. The van der Waals surface area contributed by atoms with Crippen LogP contribution >= 0.6 is 0 Å². The van der Waals surface area contributed by atoms with E-state index in [9.17, 15) is 0 Å². The van der Waals surface area contributed by atoms with E-state index in [-0.39, 0.29) is 0 Å². The fourth-order valence-electron chi connectivity index (χ4n) is 1.99. The van der Waals surface area contributed by atoms with Crippen LogP contribution in [0.15, 0.2) is 12.2 Å². The third-order valence-electron chi connectivity index (χ3n) is 3.37. The van der Waals surface area contributed by atoms with Gasteiger partial charge in [-0.25, -0.2) is 0 Å². The van der Waals surface area contributed by atoms with Gasteiger partial charge < -0.3 is 5.11 Å². The second-order valence-corrected chi connectivity index (χ2v) is 3.86. The Labute approximate surface area is 69.1 Å². The van der Waals surface area contributed by atoms with Crippen LogP contribution in [0.25, 0.3) is 0 Å². The molecule has 1 rings (SSSR count). The lowest BCUT2D eigenvalue weighted by Crippen LogP contribution is -1.99. The first-order chi connectivity index (χ1) is 5.16. The van der Waals surface area contributed by atoms with Gasteiger partial charge in [0.25, 0.3) is 0 Å². The Hall–Kier alpha value is -0.300. The maximum Gasteiger partial charge on any atom is 0.0467 e. The Morgan fingerprint density at radius 2 is 2.18 bits per heavy atom. The fraction of sp³-hybridized carbons (Fsp3) is 0.800. The van der Waals surface area contributed by atoms with E-state index in [1.165, 1.54) is 0 Å². The number of hydrogen-bond acceptors (Lipinski definition) is 1. The molecule has 0 spiro atoms. The zero-order chi connectivity index (χ0) is 8.48. The first-order valence-corrected chi connectivity index (χ1v) is 4.38. The Morgan fingerprint density at radius 1 is 1.55 bits per heavy atom. The lowest BCUT2D eigenvalue weighted by atomic mass is 10.0. The molecule has 0 aromatic carbocycles. The predicted molar refractivity (Wildman–Crippen MR) is 47.3 cm³/mol. The lowest BCUT2D eigenvalue weighted by molar-refractivity contribution is 0.252. The van der Waals surface area contributed by atoms with Crippen molar-refractivity contribution in [3.8, 4) is 0 Å². The van der Waals surface area contributed by atoms with Crippen molar-refractivity contribution >= 4 is 0 Å². The number of rotatable bonds is 3. The second-order valence-electron chi connectivity index (χ2n) is 3.86. The minimum Gasteiger partial charge on any atom is -0.396 e. The molecular formula is C10H18O. The van der Waals surface area contributed by atoms with Gasteiger partial charge in [-0.05, 0) is 30.6 Å². The molecule has 64 valence electrons. The summed E-state index contributed by atoms with van der Waals surface area (Å²) in [5.41, 5.74) is 0.390. The summed E-state index contributed by atoms with van der Waals surface area (Å²) in [4.78, 5) is 0. The smallest absolute Gasteiger partial charge is 0.0467 e. The summed E-state index contributed by atoms with van der Waals surface area (Å²) in [7, 11) is 0. The maximum atomic E-state index is 8.99. The highest BCUT2D eigenvalue weighted by Gasteiger charge is 2.56. The zero-order valence-electron chi connectivity index (χ0n) is 7.67. The number of hydrogen-bond donors (Lipinski definition) is 1. The topological polar surface area (TPSA) is 20.2 Å². The molecule has 0 heterocycles. The van der Waals surface area contributed by atoms with Crippen LogP contribution in [-0.2, 0) is 0 Å². The summed E-state index contributed by atoms with van der Waals surface area (Å²) in [5, 5.41) is 8.99. The van der Waals surface area contributed by atoms with Crippen molar-refractivity contribution in [1.29, 1.82) is 0 Å². The average Bonchev–Trinajstić information content (AvgIpc) is 2.51. The molecule has 1 saturated carbocycles. The first-order valence-electron chi connectivity index (χ1n) is 4.38. The van der Waals surface area contributed by atoms with Gasteiger partial charge in [0.15, 0.2) is 0 Å². The van der Waals surface area contributed by atoms with E-state index < -0.39 is 0 Å². The Morgan fingerprint density at radius 3 is 2.55 bits per heavy atom. The summed E-state index contributed by atoms with van der Waals surface area (Å²) in [6.45, 7) is 6.89. The van der Waals surface area contributed by atoms with E-state index in [0.717, 1.165) is 6.42 Å². The van der Waals surface area contributed by atoms with E-state index in [2.05, 4.69) is 26.0 Å². The molecule has 1 fully saturated rings. The lowest BCUT2D eigenvalue weighted by Gasteiger charge is -2.05. The van der Waals surface area contributed by atoms with Crippen molar-refractivity contribution in [2.75, 3.05) is 6.61 Å². The van der Waals surface area contributed by atoms with Gasteiger partial charge in [-0.3, -0.25) is 0 Å². The van der Waals surface area contributed by atoms with E-state index in [1.807, 2.05) is 6.92 Å². The molecule has 0 aliphatic heterocycles. The van der Waals surface area contributed by atoms with E-state index >= 15 is 0 Å². The van der Waals surface area contributed by atoms with E-state index in [0.29, 0.717) is 23.9 Å². The molecule has 0 aromatic rings. The van der Waals surface area contributed by atoms with Gasteiger partial charge in [0, 0.05) is 6.61 Å². The summed E-state index contributed by atoms with van der Waals surface area (Å²) < 4.78 is 0. The van der Waals surface area contributed by atoms with Crippen molar-refractivity contribution in [2.45, 2.75) is 27.2 Å². The monoisotopic (exact) mass is 154 g/mol. The minimum absolute atomic E-state index is 0.356. The van der Waals surface area contributed by atoms with E-state index in [4.69, 9.17) is 5.11 Å². The average molecular weight is 154 g/mol. The van der Waals surface area contributed by atoms with Crippen molar-refractivity contribution < 1.29 is 5.11 Å². The molecule has 0 aromatic heterocycles. The molecular weight excluding hydrogens is 136 g/mol. The fourth-order valence-corrected chi connectivity index (χ4v) is 1.99. The summed E-state index contributed by atoms with van der Waals surface area (Å²) in [6, 6.07) is 0. The van der Waals surface area contributed by atoms with Crippen LogP contribution in [0.3, 0.4) is 0 Å². The van der Waals surface area contributed by atoms with Crippen LogP contribution in [0.4, 0.5) is 0 Å². The molecule has 0 amide bonds. The summed E-state index contributed by atoms with van der Waals surface area (Å²) in [5.74, 6) is 1.24. The third kappa shape index (κ3) is 1.34. The summed E-state index contributed by atoms with van der Waals surface area (Å²) >= 11 is 0. The normalized spacial score (nSPS) is 43.3. The molecule has 1 aliphatic rings. The second kappa shape index (κ2) is 2.98. The highest BCUT2D eigenvalue weighted by atomic mass is 16.3. The van der Waals surface area contributed by atoms with Crippen LogP contribution in [0.2, 0.25) is 0 Å². The van der Waals surface area contributed by atoms with Crippen LogP contribution in [0.5, 0.6) is 0 Å². The zero-order valence-corrected chi connectivity index (χ0v) is 7.67. The highest BCUT2D eigenvalue weighted by molar-refractivity contribution is 5.08. The minimum atomic E-state index is 0.356. The van der Waals surface area contributed by atoms with Gasteiger partial charge in [0.1, 0.15) is 0 Å². The molecule has 1 heteroatoms.